The molecule has 1 aliphatic heterocycles. The molecule has 1 spiro atoms. The van der Waals surface area contributed by atoms with Crippen molar-refractivity contribution in [3.63, 3.8) is 0 Å². The van der Waals surface area contributed by atoms with Gasteiger partial charge in [0.1, 0.15) is 17.1 Å². The van der Waals surface area contributed by atoms with Crippen molar-refractivity contribution in [1.29, 1.82) is 0 Å². The normalized spacial score (nSPS) is 34.2. The Hall–Kier alpha value is -1.22. The maximum absolute atomic E-state index is 6.35. The van der Waals surface area contributed by atoms with E-state index in [4.69, 9.17) is 15.2 Å². The molecular formula is C15H21NO2. The van der Waals surface area contributed by atoms with Crippen LogP contribution >= 0.6 is 0 Å². The summed E-state index contributed by atoms with van der Waals surface area (Å²) in [6.45, 7) is 2.28. The number of rotatable bonds is 1. The molecule has 3 nitrogen and oxygen atoms in total. The fourth-order valence-electron chi connectivity index (χ4n) is 3.45. The van der Waals surface area contributed by atoms with E-state index in [1.165, 1.54) is 12.8 Å². The lowest BCUT2D eigenvalue weighted by molar-refractivity contribution is 0.00648. The summed E-state index contributed by atoms with van der Waals surface area (Å²) in [6, 6.07) is 6.05. The van der Waals surface area contributed by atoms with Crippen molar-refractivity contribution in [2.24, 2.45) is 11.7 Å². The van der Waals surface area contributed by atoms with Crippen molar-refractivity contribution in [1.82, 2.24) is 0 Å². The Morgan fingerprint density at radius 3 is 2.94 bits per heavy atom. The molecule has 3 rings (SSSR count). The van der Waals surface area contributed by atoms with Gasteiger partial charge in [-0.2, -0.15) is 0 Å². The minimum absolute atomic E-state index is 0.0429. The van der Waals surface area contributed by atoms with Gasteiger partial charge in [0.15, 0.2) is 0 Å². The van der Waals surface area contributed by atoms with Gasteiger partial charge in [-0.15, -0.1) is 0 Å². The molecule has 0 aromatic heterocycles. The lowest BCUT2D eigenvalue weighted by Gasteiger charge is -2.41. The Morgan fingerprint density at radius 2 is 2.28 bits per heavy atom. The van der Waals surface area contributed by atoms with Crippen LogP contribution in [0, 0.1) is 5.92 Å². The molecule has 2 aliphatic rings. The van der Waals surface area contributed by atoms with Crippen molar-refractivity contribution in [3.8, 4) is 11.5 Å². The van der Waals surface area contributed by atoms with Gasteiger partial charge in [0, 0.05) is 24.1 Å². The molecule has 1 fully saturated rings. The summed E-state index contributed by atoms with van der Waals surface area (Å²) in [7, 11) is 1.68. The molecule has 3 heteroatoms. The maximum atomic E-state index is 6.35. The van der Waals surface area contributed by atoms with Crippen LogP contribution in [-0.4, -0.2) is 12.7 Å². The lowest BCUT2D eigenvalue weighted by atomic mass is 9.81. The molecule has 1 aliphatic carbocycles. The molecule has 0 bridgehead atoms. The first-order valence-electron chi connectivity index (χ1n) is 6.77. The van der Waals surface area contributed by atoms with E-state index in [0.29, 0.717) is 5.92 Å². The third-order valence-electron chi connectivity index (χ3n) is 4.63. The summed E-state index contributed by atoms with van der Waals surface area (Å²) in [5.74, 6) is 2.34. The molecular weight excluding hydrogens is 226 g/mol. The number of ether oxygens (including phenoxy) is 2. The van der Waals surface area contributed by atoms with E-state index < -0.39 is 0 Å². The topological polar surface area (TPSA) is 44.5 Å². The SMILES string of the molecule is COc1ccc2c(c1)OC1(CCCC1C)CC2N. The number of hydrogen-bond donors (Lipinski definition) is 1. The van der Waals surface area contributed by atoms with Gasteiger partial charge >= 0.3 is 0 Å². The zero-order valence-corrected chi connectivity index (χ0v) is 11.1. The molecule has 1 heterocycles. The van der Waals surface area contributed by atoms with Gasteiger partial charge in [0.25, 0.3) is 0 Å². The van der Waals surface area contributed by atoms with Crippen LogP contribution in [0.1, 0.15) is 44.2 Å². The largest absolute Gasteiger partial charge is 0.497 e. The Labute approximate surface area is 108 Å². The van der Waals surface area contributed by atoms with Gasteiger partial charge in [-0.1, -0.05) is 13.0 Å². The van der Waals surface area contributed by atoms with Gasteiger partial charge in [-0.3, -0.25) is 0 Å². The average Bonchev–Trinajstić information content (AvgIpc) is 2.69. The zero-order valence-electron chi connectivity index (χ0n) is 11.1. The van der Waals surface area contributed by atoms with Crippen LogP contribution in [0.3, 0.4) is 0 Å². The summed E-state index contributed by atoms with van der Waals surface area (Å²) in [4.78, 5) is 0. The maximum Gasteiger partial charge on any atom is 0.128 e. The van der Waals surface area contributed by atoms with Gasteiger partial charge in [-0.25, -0.2) is 0 Å². The number of fused-ring (bicyclic) bond motifs is 1. The summed E-state index contributed by atoms with van der Waals surface area (Å²) in [5, 5.41) is 0. The second-order valence-corrected chi connectivity index (χ2v) is 5.67. The molecule has 18 heavy (non-hydrogen) atoms. The van der Waals surface area contributed by atoms with Crippen molar-refractivity contribution >= 4 is 0 Å². The van der Waals surface area contributed by atoms with Crippen molar-refractivity contribution in [2.45, 2.75) is 44.2 Å². The zero-order chi connectivity index (χ0) is 12.8. The van der Waals surface area contributed by atoms with E-state index in [0.717, 1.165) is 29.9 Å². The summed E-state index contributed by atoms with van der Waals surface area (Å²) in [6.07, 6.45) is 4.55. The summed E-state index contributed by atoms with van der Waals surface area (Å²) < 4.78 is 11.6. The molecule has 3 unspecified atom stereocenters. The highest BCUT2D eigenvalue weighted by Crippen LogP contribution is 2.49. The van der Waals surface area contributed by atoms with E-state index >= 15 is 0 Å². The molecule has 98 valence electrons. The molecule has 0 saturated heterocycles. The predicted molar refractivity (Wildman–Crippen MR) is 70.9 cm³/mol. The van der Waals surface area contributed by atoms with Crippen molar-refractivity contribution in [3.05, 3.63) is 23.8 Å². The highest BCUT2D eigenvalue weighted by Gasteiger charge is 2.46. The molecule has 1 saturated carbocycles. The first kappa shape index (κ1) is 11.8. The minimum Gasteiger partial charge on any atom is -0.497 e. The van der Waals surface area contributed by atoms with Crippen LogP contribution in [0.2, 0.25) is 0 Å². The minimum atomic E-state index is -0.0429. The number of hydrogen-bond acceptors (Lipinski definition) is 3. The number of benzene rings is 1. The van der Waals surface area contributed by atoms with E-state index in [-0.39, 0.29) is 11.6 Å². The summed E-state index contributed by atoms with van der Waals surface area (Å²) >= 11 is 0. The van der Waals surface area contributed by atoms with Crippen LogP contribution in [0.4, 0.5) is 0 Å². The van der Waals surface area contributed by atoms with Gasteiger partial charge in [0.2, 0.25) is 0 Å². The number of nitrogens with two attached hydrogens (primary N) is 1. The Balaban J connectivity index is 1.99. The molecule has 1 aromatic rings. The van der Waals surface area contributed by atoms with Gasteiger partial charge < -0.3 is 15.2 Å². The Bertz CT molecular complexity index is 460. The van der Waals surface area contributed by atoms with Gasteiger partial charge in [-0.05, 0) is 31.2 Å². The van der Waals surface area contributed by atoms with E-state index in [1.54, 1.807) is 7.11 Å². The highest BCUT2D eigenvalue weighted by molar-refractivity contribution is 5.44. The second kappa shape index (κ2) is 4.16. The molecule has 0 amide bonds. The molecule has 0 radical (unpaired) electrons. The van der Waals surface area contributed by atoms with Crippen LogP contribution in [-0.2, 0) is 0 Å². The first-order valence-corrected chi connectivity index (χ1v) is 6.77. The van der Waals surface area contributed by atoms with Crippen LogP contribution in [0.5, 0.6) is 11.5 Å². The van der Waals surface area contributed by atoms with Crippen molar-refractivity contribution < 1.29 is 9.47 Å². The van der Waals surface area contributed by atoms with Crippen molar-refractivity contribution in [2.75, 3.05) is 7.11 Å². The molecule has 1 aromatic carbocycles. The summed E-state index contributed by atoms with van der Waals surface area (Å²) in [5.41, 5.74) is 7.40. The number of methoxy groups -OCH3 is 1. The van der Waals surface area contributed by atoms with Crippen LogP contribution < -0.4 is 15.2 Å². The molecule has 3 atom stereocenters. The highest BCUT2D eigenvalue weighted by atomic mass is 16.5. The van der Waals surface area contributed by atoms with Crippen LogP contribution in [0.25, 0.3) is 0 Å². The van der Waals surface area contributed by atoms with Crippen LogP contribution in [0.15, 0.2) is 18.2 Å². The lowest BCUT2D eigenvalue weighted by Crippen LogP contribution is -2.44. The fraction of sp³-hybridized carbons (Fsp3) is 0.600. The second-order valence-electron chi connectivity index (χ2n) is 5.67. The smallest absolute Gasteiger partial charge is 0.128 e. The quantitative estimate of drug-likeness (QED) is 0.829. The fourth-order valence-corrected chi connectivity index (χ4v) is 3.45. The Morgan fingerprint density at radius 1 is 1.44 bits per heavy atom. The Kier molecular flexibility index (Phi) is 2.74. The van der Waals surface area contributed by atoms with E-state index in [2.05, 4.69) is 6.92 Å². The standard InChI is InChI=1S/C15H21NO2/c1-10-4-3-7-15(10)9-13(16)12-6-5-11(17-2)8-14(12)18-15/h5-6,8,10,13H,3-4,7,9,16H2,1-2H3. The average molecular weight is 247 g/mol. The van der Waals surface area contributed by atoms with Gasteiger partial charge in [0.05, 0.1) is 7.11 Å². The molecule has 2 N–H and O–H groups in total. The van der Waals surface area contributed by atoms with E-state index in [9.17, 15) is 0 Å². The van der Waals surface area contributed by atoms with E-state index in [1.807, 2.05) is 18.2 Å². The first-order chi connectivity index (χ1) is 8.64. The monoisotopic (exact) mass is 247 g/mol. The predicted octanol–water partition coefficient (Wildman–Crippen LogP) is 3.04. The third kappa shape index (κ3) is 1.69. The third-order valence-corrected chi connectivity index (χ3v) is 4.63.